The van der Waals surface area contributed by atoms with Crippen LogP contribution in [0, 0.1) is 0 Å². The summed E-state index contributed by atoms with van der Waals surface area (Å²) >= 11 is 6.21. The molecule has 2 aromatic carbocycles. The molecule has 11 heteroatoms. The molecule has 1 aliphatic heterocycles. The molecule has 0 radical (unpaired) electrons. The zero-order chi connectivity index (χ0) is 27.7. The van der Waals surface area contributed by atoms with Crippen LogP contribution in [-0.2, 0) is 26.0 Å². The number of carbonyl (C=O) groups excluding carboxylic acids is 1. The van der Waals surface area contributed by atoms with Crippen LogP contribution in [0.25, 0.3) is 10.9 Å². The molecule has 0 bridgehead atoms. The van der Waals surface area contributed by atoms with Crippen molar-refractivity contribution in [3.8, 4) is 5.75 Å². The lowest BCUT2D eigenvalue weighted by Gasteiger charge is -2.33. The topological polar surface area (TPSA) is 121 Å². The summed E-state index contributed by atoms with van der Waals surface area (Å²) < 4.78 is 35.5. The van der Waals surface area contributed by atoms with Gasteiger partial charge in [0.05, 0.1) is 24.5 Å². The number of fused-ring (bicyclic) bond motifs is 3. The number of hydrogen-bond donors (Lipinski definition) is 3. The van der Waals surface area contributed by atoms with Crippen molar-refractivity contribution < 1.29 is 27.8 Å². The average molecular weight is 566 g/mol. The molecule has 4 rings (SSSR count). The molecule has 0 saturated carbocycles. The van der Waals surface area contributed by atoms with E-state index in [1.807, 2.05) is 49.4 Å². The van der Waals surface area contributed by atoms with Crippen LogP contribution in [-0.4, -0.2) is 75.1 Å². The van der Waals surface area contributed by atoms with Crippen molar-refractivity contribution in [2.24, 2.45) is 0 Å². The van der Waals surface area contributed by atoms with Crippen molar-refractivity contribution in [3.05, 3.63) is 64.3 Å². The zero-order valence-corrected chi connectivity index (χ0v) is 23.5. The quantitative estimate of drug-likeness (QED) is 0.305. The standard InChI is InChI=1S/C24H28ClN3O5S.C3H8O/c1-2-34(31,32)26-14-18(30)10-12-33-19-6-3-16(4-7-19)24-23-20(9-11-28(24)15-29)21-13-17(25)5-8-22(21)27-23;1-3-4-2/h3-8,13,15,18,24,26-27,30H,2,9-12,14H2,1H3;3H2,1-2H3. The Morgan fingerprint density at radius 3 is 2.58 bits per heavy atom. The van der Waals surface area contributed by atoms with Crippen molar-refractivity contribution in [3.63, 3.8) is 0 Å². The maximum absolute atomic E-state index is 11.8. The molecule has 2 atom stereocenters. The van der Waals surface area contributed by atoms with Gasteiger partial charge in [0.2, 0.25) is 16.4 Å². The van der Waals surface area contributed by atoms with Crippen molar-refractivity contribution in [1.29, 1.82) is 0 Å². The van der Waals surface area contributed by atoms with E-state index in [0.717, 1.165) is 41.6 Å². The van der Waals surface area contributed by atoms with Gasteiger partial charge in [0, 0.05) is 54.8 Å². The van der Waals surface area contributed by atoms with Crippen LogP contribution in [0.4, 0.5) is 0 Å². The van der Waals surface area contributed by atoms with Crippen molar-refractivity contribution in [2.45, 2.75) is 38.8 Å². The predicted molar refractivity (Wildman–Crippen MR) is 149 cm³/mol. The van der Waals surface area contributed by atoms with Crippen LogP contribution >= 0.6 is 11.6 Å². The minimum Gasteiger partial charge on any atom is -0.493 e. The van der Waals surface area contributed by atoms with Crippen LogP contribution in [0.1, 0.15) is 43.1 Å². The minimum absolute atomic E-state index is 0.0289. The SMILES string of the molecule is CCOC.CCS(=O)(=O)NCC(O)CCOc1ccc(C2c3[nH]c4ccc(Cl)cc4c3CCN2C=O)cc1. The highest BCUT2D eigenvalue weighted by Gasteiger charge is 2.31. The Morgan fingerprint density at radius 1 is 1.24 bits per heavy atom. The molecule has 3 aromatic rings. The Kier molecular flexibility index (Phi) is 11.0. The maximum Gasteiger partial charge on any atom is 0.211 e. The van der Waals surface area contributed by atoms with Crippen molar-refractivity contribution in [2.75, 3.05) is 39.2 Å². The fourth-order valence-electron chi connectivity index (χ4n) is 4.24. The zero-order valence-electron chi connectivity index (χ0n) is 21.9. The largest absolute Gasteiger partial charge is 0.493 e. The van der Waals surface area contributed by atoms with Gasteiger partial charge in [-0.3, -0.25) is 4.79 Å². The molecular weight excluding hydrogens is 530 g/mol. The third-order valence-electron chi connectivity index (χ3n) is 6.38. The molecule has 9 nitrogen and oxygen atoms in total. The Hall–Kier alpha value is -2.63. The second-order valence-corrected chi connectivity index (χ2v) is 11.4. The summed E-state index contributed by atoms with van der Waals surface area (Å²) in [7, 11) is -1.65. The number of H-pyrrole nitrogens is 1. The fourth-order valence-corrected chi connectivity index (χ4v) is 5.06. The summed E-state index contributed by atoms with van der Waals surface area (Å²) in [6, 6.07) is 13.0. The van der Waals surface area contributed by atoms with Gasteiger partial charge < -0.3 is 24.5 Å². The summed E-state index contributed by atoms with van der Waals surface area (Å²) in [6.45, 7) is 5.13. The minimum atomic E-state index is -3.33. The fraction of sp³-hybridized carbons (Fsp3) is 0.444. The Bertz CT molecular complexity index is 1290. The van der Waals surface area contributed by atoms with Crippen LogP contribution in [0.5, 0.6) is 5.75 Å². The van der Waals surface area contributed by atoms with Crippen LogP contribution in [0.3, 0.4) is 0 Å². The van der Waals surface area contributed by atoms with Gasteiger partial charge in [0.25, 0.3) is 0 Å². The van der Waals surface area contributed by atoms with Gasteiger partial charge in [-0.1, -0.05) is 23.7 Å². The van der Waals surface area contributed by atoms with Crippen LogP contribution in [0.15, 0.2) is 42.5 Å². The number of aliphatic hydroxyl groups is 1. The summed E-state index contributed by atoms with van der Waals surface area (Å²) in [4.78, 5) is 17.1. The Morgan fingerprint density at radius 2 is 1.95 bits per heavy atom. The van der Waals surface area contributed by atoms with E-state index in [0.29, 0.717) is 17.3 Å². The molecule has 0 aliphatic carbocycles. The van der Waals surface area contributed by atoms with Gasteiger partial charge in [-0.05, 0) is 61.7 Å². The lowest BCUT2D eigenvalue weighted by molar-refractivity contribution is -0.120. The van der Waals surface area contributed by atoms with Gasteiger partial charge in [0.15, 0.2) is 0 Å². The second kappa shape index (κ2) is 14.0. The molecule has 208 valence electrons. The van der Waals surface area contributed by atoms with Crippen LogP contribution < -0.4 is 9.46 Å². The molecule has 3 N–H and O–H groups in total. The molecule has 38 heavy (non-hydrogen) atoms. The van der Waals surface area contributed by atoms with E-state index >= 15 is 0 Å². The number of nitrogens with zero attached hydrogens (tertiary/aromatic N) is 1. The van der Waals surface area contributed by atoms with Crippen LogP contribution in [0.2, 0.25) is 5.02 Å². The van der Waals surface area contributed by atoms with E-state index in [-0.39, 0.29) is 31.4 Å². The molecule has 1 amide bonds. The number of benzene rings is 2. The molecule has 1 aromatic heterocycles. The number of halogens is 1. The van der Waals surface area contributed by atoms with E-state index in [1.165, 1.54) is 12.5 Å². The first kappa shape index (κ1) is 29.9. The van der Waals surface area contributed by atoms with Gasteiger partial charge in [-0.25, -0.2) is 13.1 Å². The maximum atomic E-state index is 11.8. The third-order valence-corrected chi connectivity index (χ3v) is 7.99. The summed E-state index contributed by atoms with van der Waals surface area (Å²) in [5, 5.41) is 11.7. The third kappa shape index (κ3) is 7.70. The number of sulfonamides is 1. The second-order valence-electron chi connectivity index (χ2n) is 8.89. The number of aromatic amines is 1. The van der Waals surface area contributed by atoms with E-state index in [9.17, 15) is 18.3 Å². The first-order valence-electron chi connectivity index (χ1n) is 12.6. The number of aromatic nitrogens is 1. The number of rotatable bonds is 11. The Labute approximate surface area is 229 Å². The van der Waals surface area contributed by atoms with E-state index in [2.05, 4.69) is 14.4 Å². The van der Waals surface area contributed by atoms with Gasteiger partial charge in [0.1, 0.15) is 5.75 Å². The normalized spacial score (nSPS) is 15.9. The van der Waals surface area contributed by atoms with Crippen molar-refractivity contribution >= 4 is 38.9 Å². The summed E-state index contributed by atoms with van der Waals surface area (Å²) in [5.41, 5.74) is 4.11. The van der Waals surface area contributed by atoms with Gasteiger partial charge in [-0.2, -0.15) is 0 Å². The molecule has 0 spiro atoms. The molecule has 0 saturated heterocycles. The molecule has 2 heterocycles. The monoisotopic (exact) mass is 565 g/mol. The highest BCUT2D eigenvalue weighted by atomic mass is 35.5. The number of nitrogens with one attached hydrogen (secondary N) is 2. The average Bonchev–Trinajstić information content (AvgIpc) is 3.29. The first-order valence-corrected chi connectivity index (χ1v) is 14.6. The van der Waals surface area contributed by atoms with E-state index in [4.69, 9.17) is 16.3 Å². The molecule has 0 fully saturated rings. The number of aliphatic hydroxyl groups excluding tert-OH is 1. The number of methoxy groups -OCH3 is 1. The summed E-state index contributed by atoms with van der Waals surface area (Å²) in [6.07, 6.45) is 1.09. The highest BCUT2D eigenvalue weighted by molar-refractivity contribution is 7.89. The predicted octanol–water partition coefficient (Wildman–Crippen LogP) is 3.65. The number of ether oxygens (including phenoxy) is 2. The lowest BCUT2D eigenvalue weighted by Crippen LogP contribution is -2.35. The number of carbonyl (C=O) groups is 1. The summed E-state index contributed by atoms with van der Waals surface area (Å²) in [5.74, 6) is 0.598. The number of amides is 1. The molecule has 2 unspecified atom stereocenters. The molecular formula is C27H36ClN3O6S. The number of hydrogen-bond acceptors (Lipinski definition) is 6. The van der Waals surface area contributed by atoms with E-state index in [1.54, 1.807) is 12.0 Å². The highest BCUT2D eigenvalue weighted by Crippen LogP contribution is 2.38. The van der Waals surface area contributed by atoms with Crippen molar-refractivity contribution in [1.82, 2.24) is 14.6 Å². The first-order chi connectivity index (χ1) is 18.2. The Balaban J connectivity index is 0.000000934. The van der Waals surface area contributed by atoms with Gasteiger partial charge >= 0.3 is 0 Å². The lowest BCUT2D eigenvalue weighted by atomic mass is 9.93. The molecule has 1 aliphatic rings. The smallest absolute Gasteiger partial charge is 0.211 e. The van der Waals surface area contributed by atoms with Gasteiger partial charge in [-0.15, -0.1) is 0 Å². The van der Waals surface area contributed by atoms with E-state index < -0.39 is 16.1 Å².